The molecule has 0 aliphatic carbocycles. The number of piperazine rings is 1. The molecule has 0 spiro atoms. The number of β-amino-alcohol motifs (C(OH)–C–C–N with tert-alkyl or cyclic N) is 1. The standard InChI is InChI=1S/C13H21ClN4O/c1-13(2,19)10-18-5-3-17(4-6-18)9-11-7-16-12(14)8-15-11/h7-8,19H,3-6,9-10H2,1-2H3. The summed E-state index contributed by atoms with van der Waals surface area (Å²) in [4.78, 5) is 12.9. The van der Waals surface area contributed by atoms with Crippen LogP contribution in [0.1, 0.15) is 19.5 Å². The quantitative estimate of drug-likeness (QED) is 0.895. The first-order valence-electron chi connectivity index (χ1n) is 6.56. The Morgan fingerprint density at radius 2 is 1.79 bits per heavy atom. The van der Waals surface area contributed by atoms with Crippen LogP contribution in [0.15, 0.2) is 12.4 Å². The van der Waals surface area contributed by atoms with Gasteiger partial charge >= 0.3 is 0 Å². The molecule has 2 rings (SSSR count). The summed E-state index contributed by atoms with van der Waals surface area (Å²) in [5.41, 5.74) is 0.324. The maximum atomic E-state index is 9.81. The summed E-state index contributed by atoms with van der Waals surface area (Å²) in [7, 11) is 0. The van der Waals surface area contributed by atoms with E-state index in [-0.39, 0.29) is 0 Å². The maximum absolute atomic E-state index is 9.81. The van der Waals surface area contributed by atoms with Gasteiger partial charge in [-0.1, -0.05) is 11.6 Å². The fourth-order valence-corrected chi connectivity index (χ4v) is 2.40. The fraction of sp³-hybridized carbons (Fsp3) is 0.692. The molecule has 0 radical (unpaired) electrons. The highest BCUT2D eigenvalue weighted by molar-refractivity contribution is 6.29. The first-order valence-corrected chi connectivity index (χ1v) is 6.94. The Labute approximate surface area is 119 Å². The van der Waals surface area contributed by atoms with Crippen molar-refractivity contribution >= 4 is 11.6 Å². The smallest absolute Gasteiger partial charge is 0.147 e. The topological polar surface area (TPSA) is 52.5 Å². The Morgan fingerprint density at radius 3 is 2.32 bits per heavy atom. The van der Waals surface area contributed by atoms with E-state index in [1.54, 1.807) is 12.4 Å². The van der Waals surface area contributed by atoms with Gasteiger partial charge in [-0.05, 0) is 13.8 Å². The number of hydrogen-bond acceptors (Lipinski definition) is 5. The van der Waals surface area contributed by atoms with Crippen molar-refractivity contribution in [3.05, 3.63) is 23.2 Å². The van der Waals surface area contributed by atoms with E-state index in [1.165, 1.54) is 0 Å². The highest BCUT2D eigenvalue weighted by Gasteiger charge is 2.22. The first-order chi connectivity index (χ1) is 8.92. The third kappa shape index (κ3) is 5.03. The van der Waals surface area contributed by atoms with E-state index in [2.05, 4.69) is 19.8 Å². The van der Waals surface area contributed by atoms with E-state index in [4.69, 9.17) is 11.6 Å². The molecule has 1 aliphatic heterocycles. The van der Waals surface area contributed by atoms with Crippen molar-refractivity contribution in [2.75, 3.05) is 32.7 Å². The van der Waals surface area contributed by atoms with Crippen molar-refractivity contribution in [3.8, 4) is 0 Å². The molecule has 1 saturated heterocycles. The van der Waals surface area contributed by atoms with Crippen molar-refractivity contribution in [1.82, 2.24) is 19.8 Å². The predicted molar refractivity (Wildman–Crippen MR) is 75.1 cm³/mol. The molecule has 0 atom stereocenters. The van der Waals surface area contributed by atoms with Crippen LogP contribution in [-0.4, -0.2) is 63.2 Å². The molecule has 19 heavy (non-hydrogen) atoms. The van der Waals surface area contributed by atoms with Crippen LogP contribution in [0.4, 0.5) is 0 Å². The second-order valence-electron chi connectivity index (χ2n) is 5.70. The van der Waals surface area contributed by atoms with Crippen molar-refractivity contribution in [2.24, 2.45) is 0 Å². The lowest BCUT2D eigenvalue weighted by atomic mass is 10.1. The van der Waals surface area contributed by atoms with E-state index in [0.29, 0.717) is 5.15 Å². The summed E-state index contributed by atoms with van der Waals surface area (Å²) in [6.45, 7) is 9.16. The summed E-state index contributed by atoms with van der Waals surface area (Å²) < 4.78 is 0. The lowest BCUT2D eigenvalue weighted by Crippen LogP contribution is -2.50. The van der Waals surface area contributed by atoms with E-state index in [1.807, 2.05) is 13.8 Å². The van der Waals surface area contributed by atoms with Crippen molar-refractivity contribution in [2.45, 2.75) is 26.0 Å². The predicted octanol–water partition coefficient (Wildman–Crippen LogP) is 1.02. The average molecular weight is 285 g/mol. The van der Waals surface area contributed by atoms with Gasteiger partial charge in [-0.3, -0.25) is 14.8 Å². The van der Waals surface area contributed by atoms with Gasteiger partial charge in [0.05, 0.1) is 23.7 Å². The average Bonchev–Trinajstić information content (AvgIpc) is 2.33. The minimum absolute atomic E-state index is 0.429. The molecule has 0 saturated carbocycles. The molecule has 106 valence electrons. The number of nitrogens with zero attached hydrogens (tertiary/aromatic N) is 4. The van der Waals surface area contributed by atoms with E-state index >= 15 is 0 Å². The molecule has 0 bridgehead atoms. The van der Waals surface area contributed by atoms with Gasteiger partial charge in [-0.2, -0.15) is 0 Å². The SMILES string of the molecule is CC(C)(O)CN1CCN(Cc2cnc(Cl)cn2)CC1. The Hall–Kier alpha value is -0.750. The number of halogens is 1. The second-order valence-corrected chi connectivity index (χ2v) is 6.08. The van der Waals surface area contributed by atoms with Crippen LogP contribution < -0.4 is 0 Å². The Bertz CT molecular complexity index is 396. The van der Waals surface area contributed by atoms with Gasteiger partial charge in [0.2, 0.25) is 0 Å². The summed E-state index contributed by atoms with van der Waals surface area (Å²) in [5, 5.41) is 10.2. The van der Waals surface area contributed by atoms with Crippen LogP contribution >= 0.6 is 11.6 Å². The molecule has 1 aromatic heterocycles. The van der Waals surface area contributed by atoms with Gasteiger partial charge in [-0.25, -0.2) is 4.98 Å². The lowest BCUT2D eigenvalue weighted by molar-refractivity contribution is 0.0165. The van der Waals surface area contributed by atoms with Crippen LogP contribution in [-0.2, 0) is 6.54 Å². The molecular formula is C13H21ClN4O. The zero-order valence-electron chi connectivity index (χ0n) is 11.5. The molecule has 1 aromatic rings. The van der Waals surface area contributed by atoms with Gasteiger partial charge in [-0.15, -0.1) is 0 Å². The third-order valence-corrected chi connectivity index (χ3v) is 3.33. The van der Waals surface area contributed by atoms with Crippen LogP contribution in [0, 0.1) is 0 Å². The molecule has 2 heterocycles. The normalized spacial score (nSPS) is 18.7. The number of aliphatic hydroxyl groups is 1. The Balaban J connectivity index is 1.79. The summed E-state index contributed by atoms with van der Waals surface area (Å²) in [6.07, 6.45) is 3.31. The fourth-order valence-electron chi connectivity index (χ4n) is 2.30. The molecule has 0 unspecified atom stereocenters. The van der Waals surface area contributed by atoms with Gasteiger partial charge in [0.25, 0.3) is 0 Å². The minimum Gasteiger partial charge on any atom is -0.389 e. The highest BCUT2D eigenvalue weighted by atomic mass is 35.5. The van der Waals surface area contributed by atoms with Gasteiger partial charge in [0, 0.05) is 39.3 Å². The monoisotopic (exact) mass is 284 g/mol. The molecule has 5 nitrogen and oxygen atoms in total. The molecule has 6 heteroatoms. The van der Waals surface area contributed by atoms with Gasteiger partial charge < -0.3 is 5.11 Å². The molecular weight excluding hydrogens is 264 g/mol. The largest absolute Gasteiger partial charge is 0.389 e. The van der Waals surface area contributed by atoms with Gasteiger partial charge in [0.15, 0.2) is 0 Å². The molecule has 1 N–H and O–H groups in total. The highest BCUT2D eigenvalue weighted by Crippen LogP contribution is 2.11. The zero-order valence-corrected chi connectivity index (χ0v) is 12.3. The third-order valence-electron chi connectivity index (χ3n) is 3.13. The summed E-state index contributed by atoms with van der Waals surface area (Å²) in [6, 6.07) is 0. The number of rotatable bonds is 4. The summed E-state index contributed by atoms with van der Waals surface area (Å²) >= 11 is 5.72. The maximum Gasteiger partial charge on any atom is 0.147 e. The van der Waals surface area contributed by atoms with E-state index in [0.717, 1.165) is 45.0 Å². The molecule has 1 fully saturated rings. The zero-order chi connectivity index (χ0) is 13.9. The van der Waals surface area contributed by atoms with Gasteiger partial charge in [0.1, 0.15) is 5.15 Å². The molecule has 0 aromatic carbocycles. The van der Waals surface area contributed by atoms with Crippen molar-refractivity contribution in [3.63, 3.8) is 0 Å². The van der Waals surface area contributed by atoms with Crippen LogP contribution in [0.5, 0.6) is 0 Å². The number of aromatic nitrogens is 2. The first kappa shape index (κ1) is 14.7. The second kappa shape index (κ2) is 6.13. The minimum atomic E-state index is -0.621. The summed E-state index contributed by atoms with van der Waals surface area (Å²) in [5.74, 6) is 0. The van der Waals surface area contributed by atoms with E-state index < -0.39 is 5.60 Å². The molecule has 1 aliphatic rings. The van der Waals surface area contributed by atoms with Crippen LogP contribution in [0.3, 0.4) is 0 Å². The van der Waals surface area contributed by atoms with E-state index in [9.17, 15) is 5.11 Å². The molecule has 0 amide bonds. The Morgan fingerprint density at radius 1 is 1.16 bits per heavy atom. The Kier molecular flexibility index (Phi) is 4.73. The van der Waals surface area contributed by atoms with Crippen LogP contribution in [0.25, 0.3) is 0 Å². The number of hydrogen-bond donors (Lipinski definition) is 1. The van der Waals surface area contributed by atoms with Crippen molar-refractivity contribution < 1.29 is 5.11 Å². The lowest BCUT2D eigenvalue weighted by Gasteiger charge is -2.37. The van der Waals surface area contributed by atoms with Crippen molar-refractivity contribution in [1.29, 1.82) is 0 Å². The van der Waals surface area contributed by atoms with Crippen LogP contribution in [0.2, 0.25) is 5.15 Å².